The molecule has 190 valence electrons. The van der Waals surface area contributed by atoms with Crippen LogP contribution in [0.3, 0.4) is 0 Å². The van der Waals surface area contributed by atoms with Crippen molar-refractivity contribution in [3.8, 4) is 34.2 Å². The number of hydrogen-bond donors (Lipinski definition) is 0. The zero-order valence-electron chi connectivity index (χ0n) is 21.2. The lowest BCUT2D eigenvalue weighted by atomic mass is 10.0. The molecule has 5 aromatic rings. The smallest absolute Gasteiger partial charge is 0.212 e. The molecule has 0 spiro atoms. The molecular weight excluding hydrogens is 480 g/mol. The molecule has 0 aliphatic carbocycles. The minimum Gasteiger partial charge on any atom is -0.481 e. The van der Waals surface area contributed by atoms with Gasteiger partial charge < -0.3 is 9.64 Å². The van der Waals surface area contributed by atoms with E-state index in [1.165, 1.54) is 5.56 Å². The van der Waals surface area contributed by atoms with Crippen molar-refractivity contribution < 1.29 is 4.74 Å². The highest BCUT2D eigenvalue weighted by Crippen LogP contribution is 2.31. The lowest BCUT2D eigenvalue weighted by Gasteiger charge is -2.35. The van der Waals surface area contributed by atoms with E-state index in [1.54, 1.807) is 22.5 Å². The number of piperazine rings is 1. The Balaban J connectivity index is 1.21. The molecule has 0 bridgehead atoms. The van der Waals surface area contributed by atoms with Crippen LogP contribution >= 0.6 is 0 Å². The van der Waals surface area contributed by atoms with E-state index >= 15 is 0 Å². The van der Waals surface area contributed by atoms with Gasteiger partial charge in [-0.25, -0.2) is 14.5 Å². The van der Waals surface area contributed by atoms with Gasteiger partial charge >= 0.3 is 0 Å². The molecule has 0 saturated carbocycles. The van der Waals surface area contributed by atoms with Crippen LogP contribution in [-0.2, 0) is 13.6 Å². The second-order valence-corrected chi connectivity index (χ2v) is 9.27. The van der Waals surface area contributed by atoms with Crippen molar-refractivity contribution in [2.45, 2.75) is 6.54 Å². The van der Waals surface area contributed by atoms with Gasteiger partial charge in [-0.05, 0) is 23.8 Å². The molecule has 1 aliphatic heterocycles. The first-order chi connectivity index (χ1) is 18.6. The molecule has 0 amide bonds. The van der Waals surface area contributed by atoms with E-state index in [0.29, 0.717) is 11.4 Å². The topological polar surface area (TPSA) is 113 Å². The summed E-state index contributed by atoms with van der Waals surface area (Å²) in [6, 6.07) is 12.3. The highest BCUT2D eigenvalue weighted by molar-refractivity contribution is 5.86. The fourth-order valence-corrected chi connectivity index (χ4v) is 4.80. The maximum atomic E-state index is 9.62. The summed E-state index contributed by atoms with van der Waals surface area (Å²) in [7, 11) is 3.51. The van der Waals surface area contributed by atoms with Gasteiger partial charge in [-0.1, -0.05) is 11.3 Å². The standard InChI is InChI=1S/C27H26N10O/c1-34-17-22(15-31-34)21-11-23(27-24(12-28)32-33-37(27)18-21)20-4-5-25(29-14-20)36-9-7-35(8-10-36)16-19-3-6-26(38-2)30-13-19/h3-6,11,13-15,17-18H,7-10,16H2,1-2H3. The van der Waals surface area contributed by atoms with E-state index in [4.69, 9.17) is 9.72 Å². The van der Waals surface area contributed by atoms with E-state index in [0.717, 1.165) is 60.8 Å². The summed E-state index contributed by atoms with van der Waals surface area (Å²) in [5.41, 5.74) is 5.76. The number of aryl methyl sites for hydroxylation is 1. The Labute approximate surface area is 219 Å². The fraction of sp³-hybridized carbons (Fsp3) is 0.259. The van der Waals surface area contributed by atoms with Crippen LogP contribution in [0, 0.1) is 11.3 Å². The summed E-state index contributed by atoms with van der Waals surface area (Å²) in [6.45, 7) is 4.52. The van der Waals surface area contributed by atoms with Crippen molar-refractivity contribution in [1.29, 1.82) is 5.26 Å². The molecule has 1 fully saturated rings. The SMILES string of the molecule is COc1ccc(CN2CCN(c3ccc(-c4cc(-c5cnn(C)c5)cn5nnc(C#N)c45)cn3)CC2)cn1. The average molecular weight is 507 g/mol. The molecule has 0 atom stereocenters. The Hall–Kier alpha value is -4.82. The summed E-state index contributed by atoms with van der Waals surface area (Å²) in [6.07, 6.45) is 9.35. The normalized spacial score (nSPS) is 14.1. The number of rotatable bonds is 6. The molecule has 1 aliphatic rings. The van der Waals surface area contributed by atoms with Crippen LogP contribution in [0.5, 0.6) is 5.88 Å². The monoisotopic (exact) mass is 506 g/mol. The van der Waals surface area contributed by atoms with Gasteiger partial charge in [0, 0.05) is 92.9 Å². The zero-order chi connectivity index (χ0) is 26.1. The van der Waals surface area contributed by atoms with Gasteiger partial charge in [-0.3, -0.25) is 9.58 Å². The Morgan fingerprint density at radius 3 is 2.47 bits per heavy atom. The maximum Gasteiger partial charge on any atom is 0.212 e. The zero-order valence-corrected chi connectivity index (χ0v) is 21.2. The van der Waals surface area contributed by atoms with Crippen molar-refractivity contribution in [3.05, 3.63) is 72.6 Å². The second kappa shape index (κ2) is 9.91. The van der Waals surface area contributed by atoms with Crippen molar-refractivity contribution in [3.63, 3.8) is 0 Å². The Bertz CT molecular complexity index is 1610. The van der Waals surface area contributed by atoms with Crippen LogP contribution in [0.25, 0.3) is 27.8 Å². The molecule has 0 aromatic carbocycles. The summed E-state index contributed by atoms with van der Waals surface area (Å²) in [5.74, 6) is 1.57. The number of pyridine rings is 3. The van der Waals surface area contributed by atoms with Gasteiger partial charge in [-0.15, -0.1) is 5.10 Å². The number of aromatic nitrogens is 7. The third kappa shape index (κ3) is 4.53. The van der Waals surface area contributed by atoms with Crippen LogP contribution in [0.1, 0.15) is 11.3 Å². The van der Waals surface area contributed by atoms with E-state index in [9.17, 15) is 5.26 Å². The van der Waals surface area contributed by atoms with E-state index in [1.807, 2.05) is 56.1 Å². The first-order valence-electron chi connectivity index (χ1n) is 12.3. The maximum absolute atomic E-state index is 9.62. The van der Waals surface area contributed by atoms with Crippen LogP contribution < -0.4 is 9.64 Å². The quantitative estimate of drug-likeness (QED) is 0.343. The van der Waals surface area contributed by atoms with Crippen molar-refractivity contribution in [2.24, 2.45) is 7.05 Å². The minimum absolute atomic E-state index is 0.282. The number of nitrogens with zero attached hydrogens (tertiary/aromatic N) is 10. The van der Waals surface area contributed by atoms with Crippen LogP contribution in [0.4, 0.5) is 5.82 Å². The summed E-state index contributed by atoms with van der Waals surface area (Å²) in [5, 5.41) is 22.2. The largest absolute Gasteiger partial charge is 0.481 e. The molecule has 0 radical (unpaired) electrons. The lowest BCUT2D eigenvalue weighted by molar-refractivity contribution is 0.249. The molecule has 1 saturated heterocycles. The van der Waals surface area contributed by atoms with Crippen molar-refractivity contribution in [2.75, 3.05) is 38.2 Å². The molecule has 0 N–H and O–H groups in total. The number of fused-ring (bicyclic) bond motifs is 1. The van der Waals surface area contributed by atoms with Crippen molar-refractivity contribution >= 4 is 11.3 Å². The van der Waals surface area contributed by atoms with Gasteiger partial charge in [0.05, 0.1) is 13.3 Å². The van der Waals surface area contributed by atoms with Crippen LogP contribution in [0.2, 0.25) is 0 Å². The second-order valence-electron chi connectivity index (χ2n) is 9.27. The van der Waals surface area contributed by atoms with Crippen LogP contribution in [0.15, 0.2) is 61.3 Å². The molecule has 0 unspecified atom stereocenters. The number of methoxy groups -OCH3 is 1. The van der Waals surface area contributed by atoms with Gasteiger partial charge in [0.15, 0.2) is 5.69 Å². The van der Waals surface area contributed by atoms with E-state index < -0.39 is 0 Å². The number of nitriles is 1. The lowest BCUT2D eigenvalue weighted by Crippen LogP contribution is -2.46. The van der Waals surface area contributed by atoms with Crippen LogP contribution in [-0.4, -0.2) is 72.8 Å². The molecular formula is C27H26N10O. The Morgan fingerprint density at radius 2 is 1.82 bits per heavy atom. The molecule has 6 rings (SSSR count). The molecule has 11 heteroatoms. The third-order valence-corrected chi connectivity index (χ3v) is 6.82. The third-order valence-electron chi connectivity index (χ3n) is 6.82. The van der Waals surface area contributed by atoms with Gasteiger partial charge in [-0.2, -0.15) is 10.4 Å². The van der Waals surface area contributed by atoms with Gasteiger partial charge in [0.2, 0.25) is 5.88 Å². The van der Waals surface area contributed by atoms with E-state index in [2.05, 4.69) is 42.3 Å². The summed E-state index contributed by atoms with van der Waals surface area (Å²) in [4.78, 5) is 13.8. The molecule has 5 aromatic heterocycles. The summed E-state index contributed by atoms with van der Waals surface area (Å²) >= 11 is 0. The number of ether oxygens (including phenoxy) is 1. The first kappa shape index (κ1) is 23.6. The fourth-order valence-electron chi connectivity index (χ4n) is 4.80. The van der Waals surface area contributed by atoms with Crippen molar-refractivity contribution in [1.82, 2.24) is 39.5 Å². The predicted molar refractivity (Wildman–Crippen MR) is 141 cm³/mol. The Kier molecular flexibility index (Phi) is 6.15. The molecule has 6 heterocycles. The first-order valence-corrected chi connectivity index (χ1v) is 12.3. The molecule has 38 heavy (non-hydrogen) atoms. The van der Waals surface area contributed by atoms with E-state index in [-0.39, 0.29) is 5.69 Å². The number of anilines is 1. The van der Waals surface area contributed by atoms with Gasteiger partial charge in [0.1, 0.15) is 17.4 Å². The average Bonchev–Trinajstić information content (AvgIpc) is 3.59. The van der Waals surface area contributed by atoms with Gasteiger partial charge in [0.25, 0.3) is 0 Å². The minimum atomic E-state index is 0.282. The highest BCUT2D eigenvalue weighted by Gasteiger charge is 2.20. The predicted octanol–water partition coefficient (Wildman–Crippen LogP) is 2.79. The molecule has 11 nitrogen and oxygen atoms in total. The summed E-state index contributed by atoms with van der Waals surface area (Å²) < 4.78 is 8.56. The number of hydrogen-bond acceptors (Lipinski definition) is 9. The highest BCUT2D eigenvalue weighted by atomic mass is 16.5. The Morgan fingerprint density at radius 1 is 0.947 bits per heavy atom.